The summed E-state index contributed by atoms with van der Waals surface area (Å²) in [6, 6.07) is 5.71. The molecule has 0 spiro atoms. The van der Waals surface area contributed by atoms with E-state index in [4.69, 9.17) is 9.15 Å². The van der Waals surface area contributed by atoms with Gasteiger partial charge in [-0.1, -0.05) is 0 Å². The maximum atomic E-state index is 12.0. The Labute approximate surface area is 139 Å². The van der Waals surface area contributed by atoms with Crippen molar-refractivity contribution < 1.29 is 9.15 Å². The summed E-state index contributed by atoms with van der Waals surface area (Å²) < 4.78 is 13.4. The fourth-order valence-corrected chi connectivity index (χ4v) is 3.42. The molecule has 1 aliphatic rings. The number of nitrogens with zero attached hydrogens (tertiary/aromatic N) is 2. The van der Waals surface area contributed by atoms with Crippen molar-refractivity contribution in [2.24, 2.45) is 0 Å². The molecule has 5 nitrogen and oxygen atoms in total. The van der Waals surface area contributed by atoms with Gasteiger partial charge in [-0.25, -0.2) is 9.78 Å². The third kappa shape index (κ3) is 2.70. The van der Waals surface area contributed by atoms with Crippen LogP contribution in [0.4, 0.5) is 0 Å². The number of aromatic nitrogens is 2. The normalized spacial score (nSPS) is 13.4. The molecule has 0 fully saturated rings. The van der Waals surface area contributed by atoms with Crippen molar-refractivity contribution in [2.45, 2.75) is 39.2 Å². The lowest BCUT2D eigenvalue weighted by Crippen LogP contribution is -2.07. The Bertz CT molecular complexity index is 939. The van der Waals surface area contributed by atoms with Gasteiger partial charge in [-0.2, -0.15) is 0 Å². The molecule has 24 heavy (non-hydrogen) atoms. The average Bonchev–Trinajstić information content (AvgIpc) is 3.22. The van der Waals surface area contributed by atoms with Gasteiger partial charge in [0, 0.05) is 29.9 Å². The molecule has 0 saturated heterocycles. The van der Waals surface area contributed by atoms with Crippen LogP contribution in [0.1, 0.15) is 29.8 Å². The number of rotatable bonds is 5. The zero-order valence-electron chi connectivity index (χ0n) is 13.7. The molecule has 1 aromatic carbocycles. The Morgan fingerprint density at radius 2 is 2.17 bits per heavy atom. The predicted molar refractivity (Wildman–Crippen MR) is 91.6 cm³/mol. The Kier molecular flexibility index (Phi) is 3.84. The molecular formula is C19H20N2O3. The second kappa shape index (κ2) is 6.15. The molecule has 2 aromatic heterocycles. The second-order valence-electron chi connectivity index (χ2n) is 6.23. The van der Waals surface area contributed by atoms with Crippen molar-refractivity contribution in [1.82, 2.24) is 9.55 Å². The average molecular weight is 324 g/mol. The zero-order valence-corrected chi connectivity index (χ0v) is 13.7. The van der Waals surface area contributed by atoms with E-state index in [-0.39, 0.29) is 5.63 Å². The van der Waals surface area contributed by atoms with Crippen molar-refractivity contribution in [3.8, 4) is 5.75 Å². The molecule has 0 N–H and O–H groups in total. The summed E-state index contributed by atoms with van der Waals surface area (Å²) in [5, 5.41) is 1.02. The lowest BCUT2D eigenvalue weighted by atomic mass is 10.1. The molecule has 0 amide bonds. The number of aryl methyl sites for hydroxylation is 3. The number of hydrogen-bond acceptors (Lipinski definition) is 4. The van der Waals surface area contributed by atoms with E-state index in [0.717, 1.165) is 60.3 Å². The van der Waals surface area contributed by atoms with E-state index < -0.39 is 0 Å². The minimum atomic E-state index is -0.181. The van der Waals surface area contributed by atoms with Crippen LogP contribution in [0.15, 0.2) is 39.8 Å². The van der Waals surface area contributed by atoms with Crippen LogP contribution in [-0.2, 0) is 19.4 Å². The van der Waals surface area contributed by atoms with Crippen LogP contribution in [-0.4, -0.2) is 16.2 Å². The van der Waals surface area contributed by atoms with E-state index in [1.54, 1.807) is 0 Å². The number of fused-ring (bicyclic) bond motifs is 3. The molecule has 0 bridgehead atoms. The number of benzene rings is 1. The van der Waals surface area contributed by atoms with E-state index in [2.05, 4.69) is 9.55 Å². The second-order valence-corrected chi connectivity index (χ2v) is 6.23. The summed E-state index contributed by atoms with van der Waals surface area (Å²) in [6.45, 7) is 3.53. The molecular weight excluding hydrogens is 304 g/mol. The predicted octanol–water partition coefficient (Wildman–Crippen LogP) is 3.26. The first-order valence-electron chi connectivity index (χ1n) is 8.41. The largest absolute Gasteiger partial charge is 0.494 e. The topological polar surface area (TPSA) is 57.3 Å². The monoisotopic (exact) mass is 324 g/mol. The Morgan fingerprint density at radius 3 is 3.00 bits per heavy atom. The van der Waals surface area contributed by atoms with E-state index >= 15 is 0 Å². The van der Waals surface area contributed by atoms with E-state index in [1.807, 2.05) is 37.5 Å². The lowest BCUT2D eigenvalue weighted by molar-refractivity contribution is 0.301. The van der Waals surface area contributed by atoms with Gasteiger partial charge in [-0.15, -0.1) is 0 Å². The summed E-state index contributed by atoms with van der Waals surface area (Å²) >= 11 is 0. The van der Waals surface area contributed by atoms with Crippen molar-refractivity contribution in [3.63, 3.8) is 0 Å². The van der Waals surface area contributed by atoms with Gasteiger partial charge in [0.1, 0.15) is 17.2 Å². The zero-order chi connectivity index (χ0) is 16.5. The quantitative estimate of drug-likeness (QED) is 0.534. The fourth-order valence-electron chi connectivity index (χ4n) is 3.42. The summed E-state index contributed by atoms with van der Waals surface area (Å²) in [4.78, 5) is 16.2. The summed E-state index contributed by atoms with van der Waals surface area (Å²) in [7, 11) is 0. The van der Waals surface area contributed by atoms with Gasteiger partial charge in [0.05, 0.1) is 6.61 Å². The van der Waals surface area contributed by atoms with Crippen molar-refractivity contribution >= 4 is 11.0 Å². The highest BCUT2D eigenvalue weighted by Crippen LogP contribution is 2.30. The molecule has 1 aliphatic carbocycles. The molecule has 5 heteroatoms. The van der Waals surface area contributed by atoms with Crippen LogP contribution in [0, 0.1) is 6.92 Å². The van der Waals surface area contributed by atoms with Crippen LogP contribution in [0.5, 0.6) is 5.75 Å². The third-order valence-electron chi connectivity index (χ3n) is 4.68. The summed E-state index contributed by atoms with van der Waals surface area (Å²) in [5.74, 6) is 1.85. The fraction of sp³-hybridized carbons (Fsp3) is 0.368. The van der Waals surface area contributed by atoms with Crippen LogP contribution in [0.2, 0.25) is 0 Å². The maximum Gasteiger partial charge on any atom is 0.339 e. The lowest BCUT2D eigenvalue weighted by Gasteiger charge is -2.10. The Hall–Kier alpha value is -2.56. The van der Waals surface area contributed by atoms with E-state index in [1.165, 1.54) is 0 Å². The standard InChI is InChI=1S/C19H20N2O3/c1-13-20-8-10-21(13)9-3-11-23-14-6-7-18-17(12-14)15-4-2-5-16(15)19(22)24-18/h6-8,10,12H,2-5,9,11H2,1H3. The van der Waals surface area contributed by atoms with Gasteiger partial charge in [-0.05, 0) is 56.4 Å². The molecule has 3 aromatic rings. The van der Waals surface area contributed by atoms with Gasteiger partial charge < -0.3 is 13.7 Å². The Balaban J connectivity index is 1.48. The molecule has 0 atom stereocenters. The van der Waals surface area contributed by atoms with Crippen molar-refractivity contribution in [2.75, 3.05) is 6.61 Å². The van der Waals surface area contributed by atoms with Crippen LogP contribution >= 0.6 is 0 Å². The van der Waals surface area contributed by atoms with Crippen LogP contribution < -0.4 is 10.4 Å². The highest BCUT2D eigenvalue weighted by molar-refractivity contribution is 5.83. The molecule has 0 unspecified atom stereocenters. The first kappa shape index (κ1) is 15.0. The number of ether oxygens (including phenoxy) is 1. The van der Waals surface area contributed by atoms with E-state index in [9.17, 15) is 4.79 Å². The van der Waals surface area contributed by atoms with Gasteiger partial charge in [0.15, 0.2) is 0 Å². The minimum Gasteiger partial charge on any atom is -0.494 e. The molecule has 2 heterocycles. The first-order chi connectivity index (χ1) is 11.7. The van der Waals surface area contributed by atoms with Gasteiger partial charge >= 0.3 is 5.63 Å². The summed E-state index contributed by atoms with van der Waals surface area (Å²) in [5.41, 5.74) is 2.46. The Morgan fingerprint density at radius 1 is 1.29 bits per heavy atom. The highest BCUT2D eigenvalue weighted by atomic mass is 16.5. The number of imidazole rings is 1. The van der Waals surface area contributed by atoms with Gasteiger partial charge in [0.25, 0.3) is 0 Å². The molecule has 0 saturated carbocycles. The number of hydrogen-bond donors (Lipinski definition) is 0. The molecule has 4 rings (SSSR count). The van der Waals surface area contributed by atoms with Crippen LogP contribution in [0.3, 0.4) is 0 Å². The highest BCUT2D eigenvalue weighted by Gasteiger charge is 2.19. The van der Waals surface area contributed by atoms with Gasteiger partial charge in [0.2, 0.25) is 0 Å². The SMILES string of the molecule is Cc1nccn1CCCOc1ccc2oc(=O)c3c(c2c1)CCC3. The van der Waals surface area contributed by atoms with Crippen molar-refractivity contribution in [1.29, 1.82) is 0 Å². The minimum absolute atomic E-state index is 0.181. The molecule has 0 radical (unpaired) electrons. The maximum absolute atomic E-state index is 12.0. The van der Waals surface area contributed by atoms with E-state index in [0.29, 0.717) is 12.2 Å². The first-order valence-corrected chi connectivity index (χ1v) is 8.41. The van der Waals surface area contributed by atoms with Crippen molar-refractivity contribution in [3.05, 3.63) is 58.0 Å². The smallest absolute Gasteiger partial charge is 0.339 e. The molecule has 0 aliphatic heterocycles. The van der Waals surface area contributed by atoms with Gasteiger partial charge in [-0.3, -0.25) is 0 Å². The molecule has 124 valence electrons. The van der Waals surface area contributed by atoms with Crippen LogP contribution in [0.25, 0.3) is 11.0 Å². The third-order valence-corrected chi connectivity index (χ3v) is 4.68. The summed E-state index contributed by atoms with van der Waals surface area (Å²) in [6.07, 6.45) is 7.50.